The second-order valence-corrected chi connectivity index (χ2v) is 5.44. The van der Waals surface area contributed by atoms with E-state index in [4.69, 9.17) is 0 Å². The minimum Gasteiger partial charge on any atom is -0.310 e. The summed E-state index contributed by atoms with van der Waals surface area (Å²) in [6.07, 6.45) is 2.46. The summed E-state index contributed by atoms with van der Waals surface area (Å²) in [5, 5.41) is 3.46. The molecule has 0 unspecified atom stereocenters. The highest BCUT2D eigenvalue weighted by molar-refractivity contribution is 5.68. The van der Waals surface area contributed by atoms with Crippen molar-refractivity contribution in [1.82, 2.24) is 5.32 Å². The van der Waals surface area contributed by atoms with Crippen LogP contribution in [0.1, 0.15) is 24.0 Å². The molecule has 0 bridgehead atoms. The van der Waals surface area contributed by atoms with E-state index in [1.807, 2.05) is 19.1 Å². The van der Waals surface area contributed by atoms with Gasteiger partial charge >= 0.3 is 0 Å². The summed E-state index contributed by atoms with van der Waals surface area (Å²) in [5.74, 6) is -1.61. The first-order valence-electron chi connectivity index (χ1n) is 6.92. The molecule has 2 aromatic carbocycles. The fourth-order valence-electron chi connectivity index (χ4n) is 2.32. The van der Waals surface area contributed by atoms with Crippen LogP contribution in [0.15, 0.2) is 36.4 Å². The molecule has 3 heteroatoms. The molecule has 0 atom stereocenters. The maximum Gasteiger partial charge on any atom is 0.159 e. The summed E-state index contributed by atoms with van der Waals surface area (Å²) in [4.78, 5) is 0. The highest BCUT2D eigenvalue weighted by Crippen LogP contribution is 2.27. The average Bonchev–Trinajstić information content (AvgIpc) is 3.24. The monoisotopic (exact) mass is 273 g/mol. The van der Waals surface area contributed by atoms with Crippen LogP contribution in [0.4, 0.5) is 8.78 Å². The highest BCUT2D eigenvalue weighted by atomic mass is 19.2. The number of hydrogen-bond acceptors (Lipinski definition) is 1. The zero-order valence-corrected chi connectivity index (χ0v) is 11.4. The molecule has 0 heterocycles. The van der Waals surface area contributed by atoms with Crippen molar-refractivity contribution in [3.63, 3.8) is 0 Å². The smallest absolute Gasteiger partial charge is 0.159 e. The van der Waals surface area contributed by atoms with Gasteiger partial charge in [0.2, 0.25) is 0 Å². The third-order valence-electron chi connectivity index (χ3n) is 3.65. The molecule has 0 radical (unpaired) electrons. The lowest BCUT2D eigenvalue weighted by atomic mass is 9.97. The predicted molar refractivity (Wildman–Crippen MR) is 76.4 cm³/mol. The Morgan fingerprint density at radius 2 is 1.85 bits per heavy atom. The van der Waals surface area contributed by atoms with Gasteiger partial charge in [0.25, 0.3) is 0 Å². The molecule has 1 N–H and O–H groups in total. The van der Waals surface area contributed by atoms with Crippen LogP contribution in [0.25, 0.3) is 11.1 Å². The summed E-state index contributed by atoms with van der Waals surface area (Å²) in [5.41, 5.74) is 3.92. The second kappa shape index (κ2) is 5.33. The molecule has 0 amide bonds. The molecule has 1 nitrogen and oxygen atoms in total. The molecule has 0 saturated heterocycles. The quantitative estimate of drug-likeness (QED) is 0.880. The molecule has 1 aliphatic carbocycles. The van der Waals surface area contributed by atoms with Gasteiger partial charge < -0.3 is 5.32 Å². The third-order valence-corrected chi connectivity index (χ3v) is 3.65. The fraction of sp³-hybridized carbons (Fsp3) is 0.294. The summed E-state index contributed by atoms with van der Waals surface area (Å²) < 4.78 is 26.5. The molecule has 0 spiro atoms. The molecule has 0 aromatic heterocycles. The summed E-state index contributed by atoms with van der Waals surface area (Å²) in [6.45, 7) is 2.76. The van der Waals surface area contributed by atoms with Gasteiger partial charge in [-0.05, 0) is 48.6 Å². The lowest BCUT2D eigenvalue weighted by Gasteiger charge is -2.12. The molecule has 20 heavy (non-hydrogen) atoms. The molecule has 1 aliphatic rings. The average molecular weight is 273 g/mol. The lowest BCUT2D eigenvalue weighted by molar-refractivity contribution is 0.509. The topological polar surface area (TPSA) is 12.0 Å². The summed E-state index contributed by atoms with van der Waals surface area (Å²) in [6, 6.07) is 10.8. The van der Waals surface area contributed by atoms with E-state index in [1.165, 1.54) is 25.0 Å². The Morgan fingerprint density at radius 1 is 1.05 bits per heavy atom. The van der Waals surface area contributed by atoms with Crippen LogP contribution < -0.4 is 5.32 Å². The zero-order chi connectivity index (χ0) is 14.1. The first-order valence-corrected chi connectivity index (χ1v) is 6.92. The van der Waals surface area contributed by atoms with Crippen molar-refractivity contribution in [1.29, 1.82) is 0 Å². The molecule has 104 valence electrons. The molecule has 2 aromatic rings. The van der Waals surface area contributed by atoms with Crippen molar-refractivity contribution in [2.24, 2.45) is 0 Å². The van der Waals surface area contributed by atoms with Gasteiger partial charge in [-0.2, -0.15) is 0 Å². The first-order chi connectivity index (χ1) is 9.63. The van der Waals surface area contributed by atoms with Crippen molar-refractivity contribution < 1.29 is 8.78 Å². The van der Waals surface area contributed by atoms with E-state index in [0.29, 0.717) is 6.04 Å². The van der Waals surface area contributed by atoms with Crippen LogP contribution >= 0.6 is 0 Å². The van der Waals surface area contributed by atoms with Crippen LogP contribution in [0.5, 0.6) is 0 Å². The number of rotatable bonds is 4. The number of nitrogens with one attached hydrogen (secondary N) is 1. The van der Waals surface area contributed by atoms with Gasteiger partial charge in [-0.3, -0.25) is 0 Å². The Hall–Kier alpha value is -1.74. The van der Waals surface area contributed by atoms with Crippen molar-refractivity contribution in [2.75, 3.05) is 0 Å². The molecule has 1 saturated carbocycles. The number of halogens is 2. The van der Waals surface area contributed by atoms with Gasteiger partial charge in [0.15, 0.2) is 11.6 Å². The Labute approximate surface area is 117 Å². The van der Waals surface area contributed by atoms with Crippen molar-refractivity contribution in [3.05, 3.63) is 59.2 Å². The zero-order valence-electron chi connectivity index (χ0n) is 11.4. The Morgan fingerprint density at radius 3 is 2.55 bits per heavy atom. The SMILES string of the molecule is Cc1ccc(CNC2CC2)c(-c2ccc(F)c(F)c2)c1. The number of hydrogen-bond donors (Lipinski definition) is 1. The van der Waals surface area contributed by atoms with E-state index < -0.39 is 11.6 Å². The highest BCUT2D eigenvalue weighted by Gasteiger charge is 2.20. The third kappa shape index (κ3) is 2.88. The van der Waals surface area contributed by atoms with Gasteiger partial charge in [0.1, 0.15) is 0 Å². The second-order valence-electron chi connectivity index (χ2n) is 5.44. The van der Waals surface area contributed by atoms with Crippen LogP contribution in [0.2, 0.25) is 0 Å². The molecule has 3 rings (SSSR count). The molecule has 1 fully saturated rings. The van der Waals surface area contributed by atoms with E-state index in [9.17, 15) is 8.78 Å². The maximum atomic E-state index is 13.4. The minimum atomic E-state index is -0.806. The van der Waals surface area contributed by atoms with E-state index in [2.05, 4.69) is 11.4 Å². The number of benzene rings is 2. The normalized spacial score (nSPS) is 14.6. The van der Waals surface area contributed by atoms with Gasteiger partial charge in [0, 0.05) is 12.6 Å². The summed E-state index contributed by atoms with van der Waals surface area (Å²) in [7, 11) is 0. The van der Waals surface area contributed by atoms with Crippen LogP contribution in [0, 0.1) is 18.6 Å². The predicted octanol–water partition coefficient (Wildman–Crippen LogP) is 4.19. The standard InChI is InChI=1S/C17H17F2N/c1-11-2-3-13(10-20-14-5-6-14)15(8-11)12-4-7-16(18)17(19)9-12/h2-4,7-9,14,20H,5-6,10H2,1H3. The van der Waals surface area contributed by atoms with Crippen LogP contribution in [-0.4, -0.2) is 6.04 Å². The van der Waals surface area contributed by atoms with Crippen molar-refractivity contribution in [2.45, 2.75) is 32.4 Å². The fourth-order valence-corrected chi connectivity index (χ4v) is 2.32. The largest absolute Gasteiger partial charge is 0.310 e. The van der Waals surface area contributed by atoms with E-state index in [-0.39, 0.29) is 0 Å². The Kier molecular flexibility index (Phi) is 3.53. The Balaban J connectivity index is 1.96. The molecular weight excluding hydrogens is 256 g/mol. The van der Waals surface area contributed by atoms with Crippen molar-refractivity contribution in [3.8, 4) is 11.1 Å². The molecule has 0 aliphatic heterocycles. The summed E-state index contributed by atoms with van der Waals surface area (Å²) >= 11 is 0. The van der Waals surface area contributed by atoms with E-state index in [1.54, 1.807) is 6.07 Å². The number of aryl methyl sites for hydroxylation is 1. The van der Waals surface area contributed by atoms with Crippen molar-refractivity contribution >= 4 is 0 Å². The first kappa shape index (κ1) is 13.3. The maximum absolute atomic E-state index is 13.4. The lowest BCUT2D eigenvalue weighted by Crippen LogP contribution is -2.15. The van der Waals surface area contributed by atoms with Gasteiger partial charge in [-0.25, -0.2) is 8.78 Å². The minimum absolute atomic E-state index is 0.620. The van der Waals surface area contributed by atoms with E-state index in [0.717, 1.165) is 28.8 Å². The van der Waals surface area contributed by atoms with Crippen LogP contribution in [0.3, 0.4) is 0 Å². The van der Waals surface area contributed by atoms with Gasteiger partial charge in [-0.15, -0.1) is 0 Å². The van der Waals surface area contributed by atoms with Gasteiger partial charge in [0.05, 0.1) is 0 Å². The molecular formula is C17H17F2N. The Bertz CT molecular complexity index is 633. The van der Waals surface area contributed by atoms with E-state index >= 15 is 0 Å². The van der Waals surface area contributed by atoms with Crippen LogP contribution in [-0.2, 0) is 6.54 Å². The van der Waals surface area contributed by atoms with Gasteiger partial charge in [-0.1, -0.05) is 29.8 Å².